The van der Waals surface area contributed by atoms with Gasteiger partial charge >= 0.3 is 0 Å². The molecule has 0 aliphatic carbocycles. The van der Waals surface area contributed by atoms with Crippen molar-refractivity contribution in [1.82, 2.24) is 20.3 Å². The van der Waals surface area contributed by atoms with Crippen molar-refractivity contribution in [3.05, 3.63) is 41.1 Å². The zero-order valence-electron chi connectivity index (χ0n) is 16.8. The van der Waals surface area contributed by atoms with Gasteiger partial charge in [0.2, 0.25) is 5.91 Å². The second-order valence-corrected chi connectivity index (χ2v) is 7.22. The van der Waals surface area contributed by atoms with Crippen LogP contribution in [0.3, 0.4) is 0 Å². The Bertz CT molecular complexity index is 838. The molecule has 28 heavy (non-hydrogen) atoms. The Hall–Kier alpha value is -2.67. The van der Waals surface area contributed by atoms with E-state index >= 15 is 0 Å². The lowest BCUT2D eigenvalue weighted by atomic mass is 10.0. The molecule has 0 spiro atoms. The van der Waals surface area contributed by atoms with Crippen LogP contribution in [0.2, 0.25) is 0 Å². The Morgan fingerprint density at radius 1 is 1.14 bits per heavy atom. The summed E-state index contributed by atoms with van der Waals surface area (Å²) in [5.74, 6) is 0.312. The summed E-state index contributed by atoms with van der Waals surface area (Å²) in [4.78, 5) is 28.8. The van der Waals surface area contributed by atoms with Gasteiger partial charge in [-0.3, -0.25) is 9.59 Å². The van der Waals surface area contributed by atoms with Gasteiger partial charge in [-0.1, -0.05) is 29.8 Å². The summed E-state index contributed by atoms with van der Waals surface area (Å²) >= 11 is 0. The molecule has 0 radical (unpaired) electrons. The van der Waals surface area contributed by atoms with Crippen molar-refractivity contribution in [3.63, 3.8) is 0 Å². The molecule has 2 heterocycles. The van der Waals surface area contributed by atoms with Gasteiger partial charge in [-0.15, -0.1) is 0 Å². The topological polar surface area (TPSA) is 78.7 Å². The molecule has 1 aliphatic rings. The summed E-state index contributed by atoms with van der Waals surface area (Å²) in [6.45, 7) is 10.8. The van der Waals surface area contributed by atoms with E-state index in [2.05, 4.69) is 22.3 Å². The first-order valence-corrected chi connectivity index (χ1v) is 9.80. The molecule has 7 heteroatoms. The van der Waals surface area contributed by atoms with Crippen LogP contribution < -0.4 is 5.32 Å². The highest BCUT2D eigenvalue weighted by Crippen LogP contribution is 2.25. The van der Waals surface area contributed by atoms with Gasteiger partial charge in [-0.25, -0.2) is 0 Å². The smallest absolute Gasteiger partial charge is 0.273 e. The Labute approximate surface area is 165 Å². The minimum atomic E-state index is -0.330. The molecule has 0 atom stereocenters. The van der Waals surface area contributed by atoms with Crippen LogP contribution in [0.5, 0.6) is 0 Å². The number of aryl methyl sites for hydroxylation is 2. The molecule has 7 nitrogen and oxygen atoms in total. The first-order valence-electron chi connectivity index (χ1n) is 9.80. The zero-order chi connectivity index (χ0) is 20.1. The van der Waals surface area contributed by atoms with Crippen LogP contribution in [0.25, 0.3) is 11.3 Å². The van der Waals surface area contributed by atoms with Crippen molar-refractivity contribution < 1.29 is 14.1 Å². The second-order valence-electron chi connectivity index (χ2n) is 7.22. The Balaban J connectivity index is 1.50. The third-order valence-corrected chi connectivity index (χ3v) is 5.20. The molecular formula is C21H28N4O3. The lowest BCUT2D eigenvalue weighted by Gasteiger charge is -2.34. The van der Waals surface area contributed by atoms with Gasteiger partial charge in [-0.2, -0.15) is 0 Å². The standard InChI is InChI=1S/C21H28N4O3/c1-4-24-9-11-25(12-10-24)20(26)7-8-22-21(27)18-14-19(28-23-18)17-13-15(2)5-6-16(17)3/h5-6,13-14H,4,7-12H2,1-3H3,(H,22,27). The summed E-state index contributed by atoms with van der Waals surface area (Å²) in [7, 11) is 0. The average molecular weight is 384 g/mol. The van der Waals surface area contributed by atoms with Crippen LogP contribution in [-0.2, 0) is 4.79 Å². The van der Waals surface area contributed by atoms with Gasteiger partial charge in [0.1, 0.15) is 0 Å². The fourth-order valence-corrected chi connectivity index (χ4v) is 3.36. The predicted octanol–water partition coefficient (Wildman–Crippen LogP) is 2.24. The van der Waals surface area contributed by atoms with E-state index in [-0.39, 0.29) is 24.1 Å². The molecule has 0 bridgehead atoms. The van der Waals surface area contributed by atoms with Crippen LogP contribution >= 0.6 is 0 Å². The lowest BCUT2D eigenvalue weighted by Crippen LogP contribution is -2.49. The van der Waals surface area contributed by atoms with Gasteiger partial charge < -0.3 is 19.6 Å². The Kier molecular flexibility index (Phi) is 6.46. The predicted molar refractivity (Wildman–Crippen MR) is 107 cm³/mol. The summed E-state index contributed by atoms with van der Waals surface area (Å²) in [5.41, 5.74) is 3.32. The van der Waals surface area contributed by atoms with Gasteiger partial charge in [0.05, 0.1) is 0 Å². The van der Waals surface area contributed by atoms with Crippen molar-refractivity contribution in [1.29, 1.82) is 0 Å². The monoisotopic (exact) mass is 384 g/mol. The molecule has 1 aliphatic heterocycles. The average Bonchev–Trinajstić information content (AvgIpc) is 3.20. The Morgan fingerprint density at radius 2 is 1.89 bits per heavy atom. The number of hydrogen-bond donors (Lipinski definition) is 1. The maximum Gasteiger partial charge on any atom is 0.273 e. The highest BCUT2D eigenvalue weighted by Gasteiger charge is 2.20. The summed E-state index contributed by atoms with van der Waals surface area (Å²) < 4.78 is 5.36. The van der Waals surface area contributed by atoms with Crippen molar-refractivity contribution >= 4 is 11.8 Å². The van der Waals surface area contributed by atoms with Gasteiger partial charge in [0, 0.05) is 50.8 Å². The number of aromatic nitrogens is 1. The fourth-order valence-electron chi connectivity index (χ4n) is 3.36. The lowest BCUT2D eigenvalue weighted by molar-refractivity contribution is -0.132. The summed E-state index contributed by atoms with van der Waals surface area (Å²) in [5, 5.41) is 6.64. The minimum Gasteiger partial charge on any atom is -0.355 e. The van der Waals surface area contributed by atoms with Crippen LogP contribution in [0, 0.1) is 13.8 Å². The highest BCUT2D eigenvalue weighted by atomic mass is 16.5. The zero-order valence-corrected chi connectivity index (χ0v) is 16.8. The van der Waals surface area contributed by atoms with E-state index in [0.717, 1.165) is 49.4 Å². The molecule has 0 unspecified atom stereocenters. The van der Waals surface area contributed by atoms with E-state index in [1.807, 2.05) is 36.9 Å². The quantitative estimate of drug-likeness (QED) is 0.826. The number of likely N-dealkylation sites (N-methyl/N-ethyl adjacent to an activating group) is 1. The van der Waals surface area contributed by atoms with Gasteiger partial charge in [-0.05, 0) is 32.0 Å². The number of hydrogen-bond acceptors (Lipinski definition) is 5. The molecule has 1 N–H and O–H groups in total. The number of nitrogens with one attached hydrogen (secondary N) is 1. The molecule has 150 valence electrons. The fraction of sp³-hybridized carbons (Fsp3) is 0.476. The summed E-state index contributed by atoms with van der Waals surface area (Å²) in [6.07, 6.45) is 0.291. The Morgan fingerprint density at radius 3 is 2.61 bits per heavy atom. The van der Waals surface area contributed by atoms with E-state index in [1.165, 1.54) is 0 Å². The van der Waals surface area contributed by atoms with E-state index in [9.17, 15) is 9.59 Å². The SMILES string of the molecule is CCN1CCN(C(=O)CCNC(=O)c2cc(-c3cc(C)ccc3C)on2)CC1. The van der Waals surface area contributed by atoms with Gasteiger partial charge in [0.25, 0.3) is 5.91 Å². The maximum absolute atomic E-state index is 12.3. The molecule has 1 saturated heterocycles. The molecule has 1 fully saturated rings. The van der Waals surface area contributed by atoms with Crippen molar-refractivity contribution in [2.45, 2.75) is 27.2 Å². The van der Waals surface area contributed by atoms with Crippen LogP contribution in [0.1, 0.15) is 35.0 Å². The van der Waals surface area contributed by atoms with Crippen molar-refractivity contribution in [2.24, 2.45) is 0 Å². The van der Waals surface area contributed by atoms with Crippen LogP contribution in [0.4, 0.5) is 0 Å². The van der Waals surface area contributed by atoms with Crippen molar-refractivity contribution in [3.8, 4) is 11.3 Å². The number of carbonyl (C=O) groups is 2. The van der Waals surface area contributed by atoms with Crippen LogP contribution in [0.15, 0.2) is 28.8 Å². The van der Waals surface area contributed by atoms with E-state index in [4.69, 9.17) is 4.52 Å². The van der Waals surface area contributed by atoms with E-state index < -0.39 is 0 Å². The minimum absolute atomic E-state index is 0.0762. The van der Waals surface area contributed by atoms with E-state index in [1.54, 1.807) is 6.07 Å². The third-order valence-electron chi connectivity index (χ3n) is 5.20. The molecule has 3 rings (SSSR count). The largest absolute Gasteiger partial charge is 0.355 e. The number of benzene rings is 1. The molecule has 1 aromatic heterocycles. The van der Waals surface area contributed by atoms with Crippen molar-refractivity contribution in [2.75, 3.05) is 39.3 Å². The van der Waals surface area contributed by atoms with Gasteiger partial charge in [0.15, 0.2) is 11.5 Å². The number of rotatable bonds is 6. The molecule has 1 aromatic carbocycles. The molecule has 0 saturated carbocycles. The maximum atomic E-state index is 12.3. The second kappa shape index (κ2) is 9.01. The number of nitrogens with zero attached hydrogens (tertiary/aromatic N) is 3. The number of amides is 2. The molecule has 2 amide bonds. The number of piperazine rings is 1. The molecular weight excluding hydrogens is 356 g/mol. The highest BCUT2D eigenvalue weighted by molar-refractivity contribution is 5.93. The van der Waals surface area contributed by atoms with Crippen LogP contribution in [-0.4, -0.2) is 66.0 Å². The first-order chi connectivity index (χ1) is 13.5. The molecule has 2 aromatic rings. The normalized spacial score (nSPS) is 14.9. The number of carbonyl (C=O) groups excluding carboxylic acids is 2. The third kappa shape index (κ3) is 4.78. The first kappa shape index (κ1) is 20.1. The van der Waals surface area contributed by atoms with E-state index in [0.29, 0.717) is 12.2 Å². The summed E-state index contributed by atoms with van der Waals surface area (Å²) in [6, 6.07) is 7.69.